The Labute approximate surface area is 227 Å². The molecule has 0 heterocycles. The number of hydrogen-bond donors (Lipinski definition) is 1. The number of amides is 2. The highest BCUT2D eigenvalue weighted by Gasteiger charge is 2.31. The van der Waals surface area contributed by atoms with Gasteiger partial charge < -0.3 is 10.2 Å². The highest BCUT2D eigenvalue weighted by Crippen LogP contribution is 2.25. The third-order valence-electron chi connectivity index (χ3n) is 6.25. The van der Waals surface area contributed by atoms with E-state index in [0.717, 1.165) is 42.7 Å². The summed E-state index contributed by atoms with van der Waals surface area (Å²) in [5.74, 6) is -0.819. The number of rotatable bonds is 9. The van der Waals surface area contributed by atoms with E-state index in [4.69, 9.17) is 34.8 Å². The van der Waals surface area contributed by atoms with E-state index in [9.17, 15) is 18.0 Å². The van der Waals surface area contributed by atoms with Crippen molar-refractivity contribution < 1.29 is 18.0 Å². The molecule has 2 amide bonds. The normalized spacial score (nSPS) is 15.2. The molecular weight excluding hydrogens is 545 g/mol. The fourth-order valence-corrected chi connectivity index (χ4v) is 5.50. The summed E-state index contributed by atoms with van der Waals surface area (Å²) in [7, 11) is -3.81. The molecule has 1 aliphatic rings. The number of carbonyl (C=O) groups excluding carboxylic acids is 2. The molecule has 11 heteroatoms. The molecule has 0 bridgehead atoms. The van der Waals surface area contributed by atoms with Crippen molar-refractivity contribution >= 4 is 62.3 Å². The first-order chi connectivity index (χ1) is 17.0. The summed E-state index contributed by atoms with van der Waals surface area (Å²) in [6.07, 6.45) is 6.08. The number of carbonyl (C=O) groups is 2. The number of sulfonamides is 1. The minimum absolute atomic E-state index is 0.0488. The lowest BCUT2D eigenvalue weighted by molar-refractivity contribution is -0.139. The summed E-state index contributed by atoms with van der Waals surface area (Å²) in [6.45, 7) is 1.21. The maximum Gasteiger partial charge on any atom is 0.244 e. The van der Waals surface area contributed by atoms with Gasteiger partial charge in [-0.3, -0.25) is 13.9 Å². The molecule has 2 aromatic carbocycles. The van der Waals surface area contributed by atoms with E-state index in [1.807, 2.05) is 0 Å². The van der Waals surface area contributed by atoms with Crippen LogP contribution in [0, 0.1) is 0 Å². The minimum Gasteiger partial charge on any atom is -0.352 e. The van der Waals surface area contributed by atoms with E-state index in [-0.39, 0.29) is 18.5 Å². The Kier molecular flexibility index (Phi) is 9.92. The lowest BCUT2D eigenvalue weighted by Gasteiger charge is -2.33. The lowest BCUT2D eigenvalue weighted by atomic mass is 9.95. The Morgan fingerprint density at radius 1 is 1.00 bits per heavy atom. The smallest absolute Gasteiger partial charge is 0.244 e. The van der Waals surface area contributed by atoms with E-state index >= 15 is 0 Å². The fraction of sp³-hybridized carbons (Fsp3) is 0.440. The van der Waals surface area contributed by atoms with Crippen molar-refractivity contribution in [3.05, 3.63) is 63.1 Å². The summed E-state index contributed by atoms with van der Waals surface area (Å²) in [4.78, 5) is 28.1. The Morgan fingerprint density at radius 3 is 2.22 bits per heavy atom. The van der Waals surface area contributed by atoms with Crippen LogP contribution < -0.4 is 9.62 Å². The van der Waals surface area contributed by atoms with E-state index in [2.05, 4.69) is 5.32 Å². The van der Waals surface area contributed by atoms with Crippen LogP contribution in [0.15, 0.2) is 42.5 Å². The monoisotopic (exact) mass is 573 g/mol. The van der Waals surface area contributed by atoms with Crippen molar-refractivity contribution in [1.29, 1.82) is 0 Å². The van der Waals surface area contributed by atoms with Crippen LogP contribution in [0.5, 0.6) is 0 Å². The highest BCUT2D eigenvalue weighted by atomic mass is 35.5. The number of nitrogens with zero attached hydrogens (tertiary/aromatic N) is 2. The molecule has 36 heavy (non-hydrogen) atoms. The average Bonchev–Trinajstić information content (AvgIpc) is 2.83. The largest absolute Gasteiger partial charge is 0.352 e. The van der Waals surface area contributed by atoms with E-state index in [1.54, 1.807) is 37.3 Å². The predicted molar refractivity (Wildman–Crippen MR) is 145 cm³/mol. The molecule has 0 aliphatic heterocycles. The molecule has 0 aromatic heterocycles. The Balaban J connectivity index is 1.88. The SMILES string of the molecule is C[C@@H](C(=O)NC1CCCCC1)N(Cc1ccc(Cl)c(Cl)c1)C(=O)CN(c1ccc(Cl)cc1)S(C)(=O)=O. The molecule has 3 rings (SSSR count). The van der Waals surface area contributed by atoms with Crippen LogP contribution in [0.1, 0.15) is 44.6 Å². The molecule has 0 radical (unpaired) electrons. The Morgan fingerprint density at radius 2 is 1.64 bits per heavy atom. The van der Waals surface area contributed by atoms with Crippen LogP contribution >= 0.6 is 34.8 Å². The predicted octanol–water partition coefficient (Wildman–Crippen LogP) is 5.28. The summed E-state index contributed by atoms with van der Waals surface area (Å²) >= 11 is 18.2. The van der Waals surface area contributed by atoms with Gasteiger partial charge in [-0.25, -0.2) is 8.42 Å². The van der Waals surface area contributed by atoms with Gasteiger partial charge in [0, 0.05) is 17.6 Å². The fourth-order valence-electron chi connectivity index (χ4n) is 4.21. The van der Waals surface area contributed by atoms with Crippen LogP contribution in [0.2, 0.25) is 15.1 Å². The molecule has 2 aromatic rings. The molecule has 0 spiro atoms. The average molecular weight is 575 g/mol. The summed E-state index contributed by atoms with van der Waals surface area (Å²) in [6, 6.07) is 10.3. The summed E-state index contributed by atoms with van der Waals surface area (Å²) in [5, 5.41) is 4.18. The third kappa shape index (κ3) is 7.75. The van der Waals surface area contributed by atoms with Gasteiger partial charge in [0.25, 0.3) is 0 Å². The molecule has 0 saturated heterocycles. The number of anilines is 1. The van der Waals surface area contributed by atoms with Gasteiger partial charge >= 0.3 is 0 Å². The van der Waals surface area contributed by atoms with Gasteiger partial charge in [0.15, 0.2) is 0 Å². The molecule has 1 aliphatic carbocycles. The van der Waals surface area contributed by atoms with E-state index < -0.39 is 28.5 Å². The Bertz CT molecular complexity index is 1190. The lowest BCUT2D eigenvalue weighted by Crippen LogP contribution is -2.52. The first-order valence-electron chi connectivity index (χ1n) is 11.7. The maximum absolute atomic E-state index is 13.6. The van der Waals surface area contributed by atoms with Gasteiger partial charge in [0.2, 0.25) is 21.8 Å². The van der Waals surface area contributed by atoms with Crippen molar-refractivity contribution in [3.8, 4) is 0 Å². The Hall–Kier alpha value is -2.00. The van der Waals surface area contributed by atoms with Gasteiger partial charge in [-0.15, -0.1) is 0 Å². The molecule has 7 nitrogen and oxygen atoms in total. The maximum atomic E-state index is 13.6. The molecule has 1 atom stereocenters. The van der Waals surface area contributed by atoms with Gasteiger partial charge in [-0.1, -0.05) is 60.1 Å². The van der Waals surface area contributed by atoms with Crippen LogP contribution in [0.4, 0.5) is 5.69 Å². The topological polar surface area (TPSA) is 86.8 Å². The number of benzene rings is 2. The molecule has 1 saturated carbocycles. The summed E-state index contributed by atoms with van der Waals surface area (Å²) in [5.41, 5.74) is 0.955. The van der Waals surface area contributed by atoms with Gasteiger partial charge in [-0.2, -0.15) is 0 Å². The summed E-state index contributed by atoms with van der Waals surface area (Å²) < 4.78 is 26.2. The van der Waals surface area contributed by atoms with Crippen molar-refractivity contribution in [2.75, 3.05) is 17.1 Å². The van der Waals surface area contributed by atoms with Crippen LogP contribution in [0.3, 0.4) is 0 Å². The number of halogens is 3. The first-order valence-corrected chi connectivity index (χ1v) is 14.7. The van der Waals surface area contributed by atoms with Crippen molar-refractivity contribution in [2.24, 2.45) is 0 Å². The van der Waals surface area contributed by atoms with Crippen LogP contribution in [-0.4, -0.2) is 50.0 Å². The van der Waals surface area contributed by atoms with Crippen molar-refractivity contribution in [1.82, 2.24) is 10.2 Å². The second-order valence-electron chi connectivity index (χ2n) is 9.04. The second kappa shape index (κ2) is 12.5. The molecular formula is C25H30Cl3N3O4S. The number of hydrogen-bond acceptors (Lipinski definition) is 4. The van der Waals surface area contributed by atoms with Crippen LogP contribution in [-0.2, 0) is 26.2 Å². The second-order valence-corrected chi connectivity index (χ2v) is 12.2. The standard InChI is InChI=1S/C25H30Cl3N3O4S/c1-17(25(33)29-20-6-4-3-5-7-20)30(15-18-8-13-22(27)23(28)14-18)24(32)16-31(36(2,34)35)21-11-9-19(26)10-12-21/h8-14,17,20H,3-7,15-16H2,1-2H3,(H,29,33)/t17-/m0/s1. The van der Waals surface area contributed by atoms with Crippen molar-refractivity contribution in [2.45, 2.75) is 57.7 Å². The molecule has 1 N–H and O–H groups in total. The number of nitrogens with one attached hydrogen (secondary N) is 1. The zero-order valence-corrected chi connectivity index (χ0v) is 23.3. The minimum atomic E-state index is -3.81. The quantitative estimate of drug-likeness (QED) is 0.442. The highest BCUT2D eigenvalue weighted by molar-refractivity contribution is 7.92. The van der Waals surface area contributed by atoms with Gasteiger partial charge in [0.1, 0.15) is 12.6 Å². The first kappa shape index (κ1) is 28.6. The zero-order valence-electron chi connectivity index (χ0n) is 20.2. The molecule has 0 unspecified atom stereocenters. The van der Waals surface area contributed by atoms with E-state index in [0.29, 0.717) is 26.3 Å². The van der Waals surface area contributed by atoms with Gasteiger partial charge in [-0.05, 0) is 61.7 Å². The molecule has 196 valence electrons. The van der Waals surface area contributed by atoms with E-state index in [1.165, 1.54) is 17.0 Å². The molecule has 1 fully saturated rings. The van der Waals surface area contributed by atoms with Crippen LogP contribution in [0.25, 0.3) is 0 Å². The zero-order chi connectivity index (χ0) is 26.5. The van der Waals surface area contributed by atoms with Gasteiger partial charge in [0.05, 0.1) is 22.0 Å². The third-order valence-corrected chi connectivity index (χ3v) is 8.38. The van der Waals surface area contributed by atoms with Crippen molar-refractivity contribution in [3.63, 3.8) is 0 Å².